The highest BCUT2D eigenvalue weighted by Crippen LogP contribution is 2.35. The zero-order valence-electron chi connectivity index (χ0n) is 9.96. The minimum absolute atomic E-state index is 0.254. The Kier molecular flexibility index (Phi) is 3.07. The fraction of sp³-hybridized carbons (Fsp3) is 0.417. The van der Waals surface area contributed by atoms with Crippen LogP contribution in [0.5, 0.6) is 0 Å². The summed E-state index contributed by atoms with van der Waals surface area (Å²) in [5.74, 6) is 1.04. The normalized spacial score (nSPS) is 21.7. The van der Waals surface area contributed by atoms with Gasteiger partial charge in [0.25, 0.3) is 10.1 Å². The van der Waals surface area contributed by atoms with Gasteiger partial charge in [-0.1, -0.05) is 23.9 Å². The van der Waals surface area contributed by atoms with Gasteiger partial charge in [-0.15, -0.1) is 0 Å². The Morgan fingerprint density at radius 3 is 3.11 bits per heavy atom. The first-order valence-corrected chi connectivity index (χ1v) is 7.97. The van der Waals surface area contributed by atoms with Crippen LogP contribution >= 0.6 is 23.5 Å². The first-order valence-electron chi connectivity index (χ1n) is 5.76. The van der Waals surface area contributed by atoms with Gasteiger partial charge >= 0.3 is 0 Å². The van der Waals surface area contributed by atoms with E-state index in [2.05, 4.69) is 10.8 Å². The number of benzene rings is 1. The van der Waals surface area contributed by atoms with E-state index in [1.54, 1.807) is 23.9 Å². The monoisotopic (exact) mass is 281 g/mol. The highest BCUT2D eigenvalue weighted by Gasteiger charge is 2.40. The maximum absolute atomic E-state index is 11.1. The number of thioether (sulfide) groups is 2. The Bertz CT molecular complexity index is 557. The minimum Gasteiger partial charge on any atom is -0.258 e. The predicted octanol–water partition coefficient (Wildman–Crippen LogP) is 2.50. The molecule has 0 radical (unpaired) electrons. The molecule has 0 spiro atoms. The molecular formula is C12H13N2O2S2+. The highest BCUT2D eigenvalue weighted by molar-refractivity contribution is 8.38. The Labute approximate surface area is 114 Å². The molecule has 0 aliphatic carbocycles. The third-order valence-electron chi connectivity index (χ3n) is 3.47. The van der Waals surface area contributed by atoms with Crippen molar-refractivity contribution in [2.75, 3.05) is 12.0 Å². The van der Waals surface area contributed by atoms with Gasteiger partial charge in [0, 0.05) is 23.6 Å². The molecular weight excluding hydrogens is 268 g/mol. The van der Waals surface area contributed by atoms with Gasteiger partial charge in [-0.3, -0.25) is 10.1 Å². The minimum atomic E-state index is -0.254. The quantitative estimate of drug-likeness (QED) is 0.451. The van der Waals surface area contributed by atoms with Gasteiger partial charge in [-0.25, -0.2) is 4.58 Å². The summed E-state index contributed by atoms with van der Waals surface area (Å²) in [6.07, 6.45) is 2.89. The Hall–Kier alpha value is -1.01. The highest BCUT2D eigenvalue weighted by atomic mass is 32.2. The summed E-state index contributed by atoms with van der Waals surface area (Å²) in [5.41, 5.74) is 2.33. The number of nitro benzene ring substituents is 1. The standard InChI is InChI=1S/C12H13N2O2S2/c1-17-12-13-6-8-3-2-4-11(14(15)16)10(8)5-9(13)7-18-12/h2-4,9H,5-7H2,1H3/q+1/t9-/m0/s1. The van der Waals surface area contributed by atoms with Gasteiger partial charge in [0.05, 0.1) is 10.7 Å². The van der Waals surface area contributed by atoms with E-state index >= 15 is 0 Å². The largest absolute Gasteiger partial charge is 0.273 e. The first kappa shape index (κ1) is 12.0. The van der Waals surface area contributed by atoms with Crippen molar-refractivity contribution in [2.24, 2.45) is 0 Å². The second kappa shape index (κ2) is 4.59. The van der Waals surface area contributed by atoms with E-state index in [0.717, 1.165) is 29.8 Å². The number of hydrogen-bond donors (Lipinski definition) is 0. The topological polar surface area (TPSA) is 46.1 Å². The first-order chi connectivity index (χ1) is 8.70. The van der Waals surface area contributed by atoms with Crippen LogP contribution in [0.25, 0.3) is 0 Å². The summed E-state index contributed by atoms with van der Waals surface area (Å²) >= 11 is 3.64. The summed E-state index contributed by atoms with van der Waals surface area (Å²) in [7, 11) is 0. The molecule has 1 aromatic carbocycles. The van der Waals surface area contributed by atoms with Crippen LogP contribution in [-0.4, -0.2) is 31.9 Å². The average Bonchev–Trinajstić information content (AvgIpc) is 2.77. The molecule has 0 saturated heterocycles. The Balaban J connectivity index is 2.06. The van der Waals surface area contributed by atoms with Crippen molar-refractivity contribution in [1.29, 1.82) is 0 Å². The summed E-state index contributed by atoms with van der Waals surface area (Å²) in [6, 6.07) is 5.85. The molecule has 0 aromatic heterocycles. The molecule has 0 unspecified atom stereocenters. The summed E-state index contributed by atoms with van der Waals surface area (Å²) in [5, 5.41) is 11.1. The van der Waals surface area contributed by atoms with Gasteiger partial charge < -0.3 is 0 Å². The van der Waals surface area contributed by atoms with Gasteiger partial charge in [-0.05, 0) is 18.0 Å². The van der Waals surface area contributed by atoms with Crippen LogP contribution in [0.2, 0.25) is 0 Å². The van der Waals surface area contributed by atoms with Crippen molar-refractivity contribution in [3.8, 4) is 0 Å². The van der Waals surface area contributed by atoms with Crippen LogP contribution in [0.3, 0.4) is 0 Å². The molecule has 2 aliphatic heterocycles. The lowest BCUT2D eigenvalue weighted by Gasteiger charge is -2.19. The van der Waals surface area contributed by atoms with E-state index in [-0.39, 0.29) is 10.6 Å². The lowest BCUT2D eigenvalue weighted by Crippen LogP contribution is -2.33. The van der Waals surface area contributed by atoms with Crippen molar-refractivity contribution in [3.63, 3.8) is 0 Å². The predicted molar refractivity (Wildman–Crippen MR) is 75.5 cm³/mol. The smallest absolute Gasteiger partial charge is 0.258 e. The Morgan fingerprint density at radius 2 is 2.39 bits per heavy atom. The lowest BCUT2D eigenvalue weighted by molar-refractivity contribution is -0.573. The molecule has 2 heterocycles. The number of nitrogens with zero attached hydrogens (tertiary/aromatic N) is 2. The van der Waals surface area contributed by atoms with E-state index in [1.165, 1.54) is 4.38 Å². The second-order valence-electron chi connectivity index (χ2n) is 4.44. The molecule has 0 fully saturated rings. The molecule has 0 bridgehead atoms. The van der Waals surface area contributed by atoms with Gasteiger partial charge in [0.2, 0.25) is 0 Å². The molecule has 4 nitrogen and oxygen atoms in total. The molecule has 1 aromatic rings. The van der Waals surface area contributed by atoms with E-state index in [9.17, 15) is 10.1 Å². The van der Waals surface area contributed by atoms with Crippen molar-refractivity contribution < 1.29 is 9.50 Å². The molecule has 18 heavy (non-hydrogen) atoms. The SMILES string of the molecule is CSC1=[N+]2Cc3cccc([N+](=O)[O-])c3C[C@H]2CS1. The van der Waals surface area contributed by atoms with E-state index < -0.39 is 0 Å². The zero-order valence-corrected chi connectivity index (χ0v) is 11.6. The lowest BCUT2D eigenvalue weighted by atomic mass is 9.94. The fourth-order valence-electron chi connectivity index (χ4n) is 2.62. The van der Waals surface area contributed by atoms with Crippen molar-refractivity contribution >= 4 is 33.6 Å². The van der Waals surface area contributed by atoms with Crippen LogP contribution in [0.1, 0.15) is 11.1 Å². The molecule has 2 aliphatic rings. The van der Waals surface area contributed by atoms with Gasteiger partial charge in [0.1, 0.15) is 0 Å². The number of rotatable bonds is 1. The van der Waals surface area contributed by atoms with Crippen LogP contribution < -0.4 is 0 Å². The second-order valence-corrected chi connectivity index (χ2v) is 6.50. The van der Waals surface area contributed by atoms with E-state index in [4.69, 9.17) is 0 Å². The Morgan fingerprint density at radius 1 is 1.56 bits per heavy atom. The summed E-state index contributed by atoms with van der Waals surface area (Å²) in [4.78, 5) is 10.8. The molecule has 0 N–H and O–H groups in total. The van der Waals surface area contributed by atoms with Crippen molar-refractivity contribution in [3.05, 3.63) is 39.4 Å². The third kappa shape index (κ3) is 1.83. The summed E-state index contributed by atoms with van der Waals surface area (Å²) in [6.45, 7) is 0.810. The van der Waals surface area contributed by atoms with Crippen molar-refractivity contribution in [2.45, 2.75) is 19.0 Å². The third-order valence-corrected chi connectivity index (χ3v) is 5.94. The number of fused-ring (bicyclic) bond motifs is 2. The average molecular weight is 281 g/mol. The van der Waals surface area contributed by atoms with E-state index in [0.29, 0.717) is 6.04 Å². The van der Waals surface area contributed by atoms with Crippen LogP contribution in [0, 0.1) is 10.1 Å². The molecule has 0 amide bonds. The summed E-state index contributed by atoms with van der Waals surface area (Å²) < 4.78 is 3.73. The molecule has 0 saturated carbocycles. The fourth-order valence-corrected chi connectivity index (χ4v) is 4.76. The molecule has 94 valence electrons. The molecule has 6 heteroatoms. The van der Waals surface area contributed by atoms with Crippen LogP contribution in [0.15, 0.2) is 18.2 Å². The number of hydrogen-bond acceptors (Lipinski definition) is 4. The molecule has 1 atom stereocenters. The zero-order chi connectivity index (χ0) is 12.7. The van der Waals surface area contributed by atoms with E-state index in [1.807, 2.05) is 17.8 Å². The van der Waals surface area contributed by atoms with Gasteiger partial charge in [0.15, 0.2) is 12.6 Å². The maximum Gasteiger partial charge on any atom is 0.273 e. The molecule has 3 rings (SSSR count). The van der Waals surface area contributed by atoms with Crippen LogP contribution in [0.4, 0.5) is 5.69 Å². The van der Waals surface area contributed by atoms with Crippen molar-refractivity contribution in [1.82, 2.24) is 0 Å². The number of nitro groups is 1. The van der Waals surface area contributed by atoms with Gasteiger partial charge in [-0.2, -0.15) is 0 Å². The maximum atomic E-state index is 11.1. The van der Waals surface area contributed by atoms with Crippen LogP contribution in [-0.2, 0) is 13.0 Å².